The lowest BCUT2D eigenvalue weighted by Crippen LogP contribution is -2.34. The maximum atomic E-state index is 14.1. The van der Waals surface area contributed by atoms with Gasteiger partial charge >= 0.3 is 6.18 Å². The third kappa shape index (κ3) is 2.99. The second-order valence-corrected chi connectivity index (χ2v) is 9.05. The Balaban J connectivity index is 1.40. The van der Waals surface area contributed by atoms with Crippen molar-refractivity contribution in [1.82, 2.24) is 24.6 Å². The predicted molar refractivity (Wildman–Crippen MR) is 102 cm³/mol. The molecule has 3 fully saturated rings. The predicted octanol–water partition coefficient (Wildman–Crippen LogP) is 3.25. The Morgan fingerprint density at radius 3 is 2.52 bits per heavy atom. The number of fused-ring (bicyclic) bond motifs is 1. The van der Waals surface area contributed by atoms with Gasteiger partial charge in [-0.15, -0.1) is 0 Å². The van der Waals surface area contributed by atoms with Gasteiger partial charge in [0.25, 0.3) is 0 Å². The maximum Gasteiger partial charge on any atom is 0.396 e. The maximum absolute atomic E-state index is 14.1. The number of rotatable bonds is 4. The molecule has 0 N–H and O–H groups in total. The fourth-order valence-corrected chi connectivity index (χ4v) is 5.41. The van der Waals surface area contributed by atoms with E-state index < -0.39 is 17.0 Å². The first-order valence-electron chi connectivity index (χ1n) is 10.3. The number of alkyl halides is 3. The first kappa shape index (κ1) is 19.1. The van der Waals surface area contributed by atoms with Gasteiger partial charge in [0.2, 0.25) is 0 Å². The highest BCUT2D eigenvalue weighted by molar-refractivity contribution is 5.37. The fourth-order valence-electron chi connectivity index (χ4n) is 5.41. The summed E-state index contributed by atoms with van der Waals surface area (Å²) in [7, 11) is 2.09. The van der Waals surface area contributed by atoms with Crippen molar-refractivity contribution in [2.75, 3.05) is 33.2 Å². The summed E-state index contributed by atoms with van der Waals surface area (Å²) in [6, 6.07) is 9.92. The molecule has 29 heavy (non-hydrogen) atoms. The number of nitrogens with zero attached hydrogens (tertiary/aromatic N) is 5. The van der Waals surface area contributed by atoms with Crippen LogP contribution in [0.4, 0.5) is 13.2 Å². The van der Waals surface area contributed by atoms with Crippen LogP contribution in [-0.4, -0.2) is 64.0 Å². The number of hydrogen-bond acceptors (Lipinski definition) is 4. The van der Waals surface area contributed by atoms with Crippen LogP contribution in [0.25, 0.3) is 0 Å². The van der Waals surface area contributed by atoms with Gasteiger partial charge in [-0.3, -0.25) is 4.90 Å². The van der Waals surface area contributed by atoms with Crippen molar-refractivity contribution in [3.8, 4) is 0 Å². The van der Waals surface area contributed by atoms with Crippen molar-refractivity contribution in [3.05, 3.63) is 48.0 Å². The van der Waals surface area contributed by atoms with E-state index in [1.165, 1.54) is 0 Å². The minimum absolute atomic E-state index is 0.0220. The monoisotopic (exact) mass is 405 g/mol. The van der Waals surface area contributed by atoms with Crippen LogP contribution in [0.2, 0.25) is 0 Å². The Kier molecular flexibility index (Phi) is 4.30. The van der Waals surface area contributed by atoms with E-state index in [-0.39, 0.29) is 19.0 Å². The van der Waals surface area contributed by atoms with Crippen LogP contribution in [0, 0.1) is 5.41 Å². The number of aromatic nitrogens is 3. The van der Waals surface area contributed by atoms with Crippen LogP contribution in [0.1, 0.15) is 36.7 Å². The Morgan fingerprint density at radius 1 is 1.10 bits per heavy atom. The summed E-state index contributed by atoms with van der Waals surface area (Å²) in [5, 5.41) is 4.61. The average molecular weight is 405 g/mol. The lowest BCUT2D eigenvalue weighted by Gasteiger charge is -2.28. The quantitative estimate of drug-likeness (QED) is 0.783. The summed E-state index contributed by atoms with van der Waals surface area (Å²) in [5.41, 5.74) is -1.68. The Hall–Kier alpha value is -1.93. The van der Waals surface area contributed by atoms with Gasteiger partial charge < -0.3 is 4.90 Å². The van der Waals surface area contributed by atoms with Crippen molar-refractivity contribution in [3.63, 3.8) is 0 Å². The Labute approximate surface area is 168 Å². The molecule has 2 saturated heterocycles. The summed E-state index contributed by atoms with van der Waals surface area (Å²) in [4.78, 5) is 8.60. The molecule has 2 atom stereocenters. The molecule has 0 amide bonds. The van der Waals surface area contributed by atoms with Crippen LogP contribution in [0.5, 0.6) is 0 Å². The van der Waals surface area contributed by atoms with Gasteiger partial charge in [0.05, 0.1) is 16.9 Å². The zero-order valence-electron chi connectivity index (χ0n) is 16.6. The van der Waals surface area contributed by atoms with E-state index in [2.05, 4.69) is 22.0 Å². The highest BCUT2D eigenvalue weighted by Gasteiger charge is 2.85. The second-order valence-electron chi connectivity index (χ2n) is 9.05. The summed E-state index contributed by atoms with van der Waals surface area (Å²) in [5.74, 6) is 0.379. The topological polar surface area (TPSA) is 37.2 Å². The first-order valence-corrected chi connectivity index (χ1v) is 10.3. The van der Waals surface area contributed by atoms with Gasteiger partial charge in [0, 0.05) is 19.6 Å². The molecule has 3 aliphatic rings. The van der Waals surface area contributed by atoms with E-state index >= 15 is 0 Å². The zero-order chi connectivity index (χ0) is 20.3. The fraction of sp³-hybridized carbons (Fsp3) is 0.619. The molecule has 0 spiro atoms. The van der Waals surface area contributed by atoms with Crippen LogP contribution >= 0.6 is 0 Å². The van der Waals surface area contributed by atoms with Gasteiger partial charge in [-0.25, -0.2) is 9.67 Å². The SMILES string of the molecule is CN1CCC(n2cnc([C@]34CN(Cc5ccccc5)C[C@@]3(C(F)(F)F)C4)n2)CC1. The van der Waals surface area contributed by atoms with E-state index in [0.717, 1.165) is 31.5 Å². The molecule has 0 unspecified atom stereocenters. The summed E-state index contributed by atoms with van der Waals surface area (Å²) < 4.78 is 44.2. The molecule has 1 saturated carbocycles. The lowest BCUT2D eigenvalue weighted by atomic mass is 9.95. The molecule has 5 rings (SSSR count). The van der Waals surface area contributed by atoms with Gasteiger partial charge in [-0.1, -0.05) is 30.3 Å². The molecular formula is C21H26F3N5. The molecule has 2 aromatic rings. The number of likely N-dealkylation sites (tertiary alicyclic amines) is 2. The van der Waals surface area contributed by atoms with E-state index in [4.69, 9.17) is 0 Å². The molecule has 1 aliphatic carbocycles. The molecule has 1 aromatic carbocycles. The number of halogens is 3. The molecule has 3 heterocycles. The highest BCUT2D eigenvalue weighted by Crippen LogP contribution is 2.74. The van der Waals surface area contributed by atoms with Crippen molar-refractivity contribution >= 4 is 0 Å². The average Bonchev–Trinajstić information content (AvgIpc) is 3.02. The van der Waals surface area contributed by atoms with Crippen molar-refractivity contribution in [1.29, 1.82) is 0 Å². The van der Waals surface area contributed by atoms with Crippen LogP contribution in [0.15, 0.2) is 36.7 Å². The molecule has 1 aromatic heterocycles. The molecular weight excluding hydrogens is 379 g/mol. The number of hydrogen-bond donors (Lipinski definition) is 0. The normalized spacial score (nSPS) is 31.2. The van der Waals surface area contributed by atoms with E-state index in [9.17, 15) is 13.2 Å². The molecule has 156 valence electrons. The minimum Gasteiger partial charge on any atom is -0.306 e. The Bertz CT molecular complexity index is 874. The van der Waals surface area contributed by atoms with Gasteiger partial charge in [-0.2, -0.15) is 18.3 Å². The summed E-state index contributed by atoms with van der Waals surface area (Å²) in [6.07, 6.45) is -0.587. The summed E-state index contributed by atoms with van der Waals surface area (Å²) >= 11 is 0. The number of benzene rings is 1. The van der Waals surface area contributed by atoms with Gasteiger partial charge in [-0.05, 0) is 45.0 Å². The van der Waals surface area contributed by atoms with E-state index in [0.29, 0.717) is 18.9 Å². The molecule has 0 bridgehead atoms. The molecule has 0 radical (unpaired) electrons. The van der Waals surface area contributed by atoms with Crippen molar-refractivity contribution < 1.29 is 13.2 Å². The lowest BCUT2D eigenvalue weighted by molar-refractivity contribution is -0.190. The summed E-state index contributed by atoms with van der Waals surface area (Å²) in [6.45, 7) is 2.85. The van der Waals surface area contributed by atoms with Gasteiger partial charge in [0.1, 0.15) is 6.33 Å². The zero-order valence-corrected chi connectivity index (χ0v) is 16.6. The molecule has 2 aliphatic heterocycles. The van der Waals surface area contributed by atoms with Crippen LogP contribution in [-0.2, 0) is 12.0 Å². The Morgan fingerprint density at radius 2 is 1.83 bits per heavy atom. The van der Waals surface area contributed by atoms with Crippen LogP contribution < -0.4 is 0 Å². The minimum atomic E-state index is -4.25. The third-order valence-corrected chi connectivity index (χ3v) is 7.17. The van der Waals surface area contributed by atoms with Crippen molar-refractivity contribution in [2.45, 2.75) is 43.4 Å². The smallest absolute Gasteiger partial charge is 0.306 e. The third-order valence-electron chi connectivity index (χ3n) is 7.17. The molecule has 8 heteroatoms. The van der Waals surface area contributed by atoms with Gasteiger partial charge in [0.15, 0.2) is 5.82 Å². The standard InChI is InChI=1S/C21H26F3N5/c1-27-9-7-17(8-10-27)29-15-25-18(26-29)19-12-20(19,21(22,23)24)14-28(13-19)11-16-5-3-2-4-6-16/h2-6,15,17H,7-14H2,1H3/t19-,20-/m0/s1. The second kappa shape index (κ2) is 6.54. The van der Waals surface area contributed by atoms with Crippen molar-refractivity contribution in [2.24, 2.45) is 5.41 Å². The number of piperidine rings is 2. The van der Waals surface area contributed by atoms with E-state index in [1.807, 2.05) is 39.9 Å². The molecule has 5 nitrogen and oxygen atoms in total. The first-order chi connectivity index (χ1) is 13.8. The highest BCUT2D eigenvalue weighted by atomic mass is 19.4. The van der Waals surface area contributed by atoms with Crippen LogP contribution in [0.3, 0.4) is 0 Å². The van der Waals surface area contributed by atoms with E-state index in [1.54, 1.807) is 6.33 Å². The largest absolute Gasteiger partial charge is 0.396 e.